The second-order valence-electron chi connectivity index (χ2n) is 5.12. The number of pyridine rings is 1. The largest absolute Gasteiger partial charge is 0.483 e. The standard InChI is InChI=1S/C16H12BrN5OS/c1-10(23-13-5-3-2-4-6-13)15-21-22-14(19-20-16(22)24-15)11-7-12(17)9-18-8-11/h2-10H,1H3/t10-/m0/s1. The first-order valence-electron chi connectivity index (χ1n) is 7.25. The summed E-state index contributed by atoms with van der Waals surface area (Å²) in [5, 5.41) is 13.9. The molecule has 0 spiro atoms. The van der Waals surface area contributed by atoms with Gasteiger partial charge in [0.2, 0.25) is 4.96 Å². The van der Waals surface area contributed by atoms with E-state index < -0.39 is 0 Å². The van der Waals surface area contributed by atoms with E-state index in [9.17, 15) is 0 Å². The van der Waals surface area contributed by atoms with Gasteiger partial charge in [-0.1, -0.05) is 29.5 Å². The van der Waals surface area contributed by atoms with E-state index >= 15 is 0 Å². The van der Waals surface area contributed by atoms with Crippen molar-refractivity contribution in [1.82, 2.24) is 24.8 Å². The number of fused-ring (bicyclic) bond motifs is 1. The Morgan fingerprint density at radius 3 is 2.79 bits per heavy atom. The molecular formula is C16H12BrN5OS. The van der Waals surface area contributed by atoms with Gasteiger partial charge in [-0.2, -0.15) is 9.61 Å². The summed E-state index contributed by atoms with van der Waals surface area (Å²) in [7, 11) is 0. The molecule has 0 amide bonds. The molecule has 4 rings (SSSR count). The average molecular weight is 402 g/mol. The molecule has 0 bridgehead atoms. The summed E-state index contributed by atoms with van der Waals surface area (Å²) >= 11 is 4.88. The molecule has 8 heteroatoms. The Morgan fingerprint density at radius 1 is 1.17 bits per heavy atom. The third kappa shape index (κ3) is 2.90. The summed E-state index contributed by atoms with van der Waals surface area (Å²) in [6.45, 7) is 1.97. The van der Waals surface area contributed by atoms with Crippen LogP contribution in [0.2, 0.25) is 0 Å². The van der Waals surface area contributed by atoms with E-state index in [4.69, 9.17) is 4.74 Å². The zero-order chi connectivity index (χ0) is 16.5. The number of para-hydroxylation sites is 1. The van der Waals surface area contributed by atoms with Gasteiger partial charge in [-0.15, -0.1) is 10.2 Å². The zero-order valence-electron chi connectivity index (χ0n) is 12.6. The van der Waals surface area contributed by atoms with Gasteiger partial charge in [-0.05, 0) is 41.1 Å². The molecule has 6 nitrogen and oxygen atoms in total. The van der Waals surface area contributed by atoms with Crippen LogP contribution in [0.3, 0.4) is 0 Å². The number of ether oxygens (including phenoxy) is 1. The summed E-state index contributed by atoms with van der Waals surface area (Å²) < 4.78 is 8.54. The zero-order valence-corrected chi connectivity index (χ0v) is 15.0. The molecule has 0 fully saturated rings. The number of hydrogen-bond donors (Lipinski definition) is 0. The van der Waals surface area contributed by atoms with Gasteiger partial charge >= 0.3 is 0 Å². The Balaban J connectivity index is 1.67. The first kappa shape index (κ1) is 15.2. The van der Waals surface area contributed by atoms with Crippen molar-refractivity contribution < 1.29 is 4.74 Å². The Hall–Kier alpha value is -2.32. The maximum absolute atomic E-state index is 5.93. The SMILES string of the molecule is C[C@H](Oc1ccccc1)c1nn2c(-c3cncc(Br)c3)nnc2s1. The minimum atomic E-state index is -0.174. The van der Waals surface area contributed by atoms with Crippen molar-refractivity contribution in [2.45, 2.75) is 13.0 Å². The Morgan fingerprint density at radius 2 is 2.00 bits per heavy atom. The van der Waals surface area contributed by atoms with Gasteiger partial charge in [0.15, 0.2) is 10.8 Å². The van der Waals surface area contributed by atoms with Crippen molar-refractivity contribution >= 4 is 32.2 Å². The Bertz CT molecular complexity index is 984. The number of aromatic nitrogens is 5. The van der Waals surface area contributed by atoms with Crippen molar-refractivity contribution in [3.05, 3.63) is 58.3 Å². The van der Waals surface area contributed by atoms with Crippen molar-refractivity contribution in [3.63, 3.8) is 0 Å². The van der Waals surface area contributed by atoms with Gasteiger partial charge in [0, 0.05) is 22.4 Å². The van der Waals surface area contributed by atoms with Gasteiger partial charge in [0.1, 0.15) is 11.9 Å². The fourth-order valence-electron chi connectivity index (χ4n) is 2.26. The quantitative estimate of drug-likeness (QED) is 0.513. The minimum absolute atomic E-state index is 0.174. The maximum Gasteiger partial charge on any atom is 0.235 e. The topological polar surface area (TPSA) is 65.2 Å². The molecule has 120 valence electrons. The number of rotatable bonds is 4. The van der Waals surface area contributed by atoms with E-state index in [0.29, 0.717) is 5.82 Å². The lowest BCUT2D eigenvalue weighted by molar-refractivity contribution is 0.225. The third-order valence-electron chi connectivity index (χ3n) is 3.37. The van der Waals surface area contributed by atoms with Crippen LogP contribution in [0.15, 0.2) is 53.3 Å². The average Bonchev–Trinajstić information content (AvgIpc) is 3.16. The summed E-state index contributed by atoms with van der Waals surface area (Å²) in [4.78, 5) is 4.89. The number of hydrogen-bond acceptors (Lipinski definition) is 6. The molecule has 0 unspecified atom stereocenters. The predicted octanol–water partition coefficient (Wildman–Crippen LogP) is 4.15. The van der Waals surface area contributed by atoms with Gasteiger partial charge < -0.3 is 4.74 Å². The fourth-order valence-corrected chi connectivity index (χ4v) is 3.45. The molecule has 24 heavy (non-hydrogen) atoms. The molecule has 0 aliphatic heterocycles. The van der Waals surface area contributed by atoms with E-state index in [1.165, 1.54) is 11.3 Å². The van der Waals surface area contributed by atoms with Crippen LogP contribution in [0.4, 0.5) is 0 Å². The fraction of sp³-hybridized carbons (Fsp3) is 0.125. The first-order chi connectivity index (χ1) is 11.7. The highest BCUT2D eigenvalue weighted by molar-refractivity contribution is 9.10. The van der Waals surface area contributed by atoms with Crippen molar-refractivity contribution in [1.29, 1.82) is 0 Å². The summed E-state index contributed by atoms with van der Waals surface area (Å²) in [5.74, 6) is 1.47. The van der Waals surface area contributed by atoms with Gasteiger partial charge in [-0.3, -0.25) is 4.98 Å². The van der Waals surface area contributed by atoms with Crippen molar-refractivity contribution in [2.75, 3.05) is 0 Å². The molecule has 1 aromatic carbocycles. The number of halogens is 1. The molecule has 0 N–H and O–H groups in total. The molecule has 0 saturated carbocycles. The second-order valence-corrected chi connectivity index (χ2v) is 7.03. The highest BCUT2D eigenvalue weighted by Gasteiger charge is 2.18. The lowest BCUT2D eigenvalue weighted by Crippen LogP contribution is -2.03. The minimum Gasteiger partial charge on any atom is -0.483 e. The van der Waals surface area contributed by atoms with Crippen LogP contribution in [-0.2, 0) is 0 Å². The van der Waals surface area contributed by atoms with Crippen LogP contribution >= 0.6 is 27.3 Å². The first-order valence-corrected chi connectivity index (χ1v) is 8.86. The third-order valence-corrected chi connectivity index (χ3v) is 4.87. The van der Waals surface area contributed by atoms with Gasteiger partial charge in [0.05, 0.1) is 0 Å². The van der Waals surface area contributed by atoms with E-state index in [1.807, 2.05) is 43.3 Å². The molecule has 0 saturated heterocycles. The van der Waals surface area contributed by atoms with Gasteiger partial charge in [0.25, 0.3) is 0 Å². The maximum atomic E-state index is 5.93. The molecule has 1 atom stereocenters. The Labute approximate surface area is 150 Å². The molecule has 0 aliphatic carbocycles. The van der Waals surface area contributed by atoms with Crippen LogP contribution in [0, 0.1) is 0 Å². The molecular weight excluding hydrogens is 390 g/mol. The lowest BCUT2D eigenvalue weighted by Gasteiger charge is -2.11. The highest BCUT2D eigenvalue weighted by Crippen LogP contribution is 2.28. The second kappa shape index (κ2) is 6.29. The van der Waals surface area contributed by atoms with E-state index in [0.717, 1.165) is 25.8 Å². The summed E-state index contributed by atoms with van der Waals surface area (Å²) in [5.41, 5.74) is 0.852. The Kier molecular flexibility index (Phi) is 3.99. The summed E-state index contributed by atoms with van der Waals surface area (Å²) in [6.07, 6.45) is 3.29. The number of benzene rings is 1. The lowest BCUT2D eigenvalue weighted by atomic mass is 10.3. The van der Waals surface area contributed by atoms with Crippen LogP contribution in [0.5, 0.6) is 5.75 Å². The van der Waals surface area contributed by atoms with Gasteiger partial charge in [-0.25, -0.2) is 0 Å². The van der Waals surface area contributed by atoms with Crippen molar-refractivity contribution in [2.24, 2.45) is 0 Å². The van der Waals surface area contributed by atoms with Crippen LogP contribution < -0.4 is 4.74 Å². The van der Waals surface area contributed by atoms with Crippen LogP contribution in [0.1, 0.15) is 18.0 Å². The van der Waals surface area contributed by atoms with Crippen LogP contribution in [0.25, 0.3) is 16.3 Å². The van der Waals surface area contributed by atoms with E-state index in [2.05, 4.69) is 36.2 Å². The summed E-state index contributed by atoms with van der Waals surface area (Å²) in [6, 6.07) is 11.6. The van der Waals surface area contributed by atoms with E-state index in [1.54, 1.807) is 16.9 Å². The molecule has 3 aromatic heterocycles. The normalized spacial score (nSPS) is 12.4. The smallest absolute Gasteiger partial charge is 0.235 e. The highest BCUT2D eigenvalue weighted by atomic mass is 79.9. The van der Waals surface area contributed by atoms with E-state index in [-0.39, 0.29) is 6.10 Å². The molecule has 4 aromatic rings. The monoisotopic (exact) mass is 401 g/mol. The number of nitrogens with zero attached hydrogens (tertiary/aromatic N) is 5. The molecule has 0 radical (unpaired) electrons. The molecule has 0 aliphatic rings. The predicted molar refractivity (Wildman–Crippen MR) is 95.1 cm³/mol. The van der Waals surface area contributed by atoms with Crippen molar-refractivity contribution in [3.8, 4) is 17.1 Å². The van der Waals surface area contributed by atoms with Crippen LogP contribution in [-0.4, -0.2) is 24.8 Å². The molecule has 3 heterocycles.